The number of ether oxygens (including phenoxy) is 1. The molecule has 0 atom stereocenters. The summed E-state index contributed by atoms with van der Waals surface area (Å²) in [4.78, 5) is 26.8. The molecule has 1 N–H and O–H groups in total. The number of hydrogen-bond donors (Lipinski definition) is 1. The van der Waals surface area contributed by atoms with E-state index in [1.54, 1.807) is 16.7 Å². The van der Waals surface area contributed by atoms with Crippen molar-refractivity contribution in [3.63, 3.8) is 0 Å². The zero-order valence-electron chi connectivity index (χ0n) is 11.8. The first-order chi connectivity index (χ1) is 10.1. The van der Waals surface area contributed by atoms with Crippen molar-refractivity contribution in [2.75, 3.05) is 38.1 Å². The average molecular weight is 295 g/mol. The molecule has 0 bridgehead atoms. The van der Waals surface area contributed by atoms with E-state index >= 15 is 0 Å². The molecule has 3 amide bonds. The van der Waals surface area contributed by atoms with E-state index in [1.165, 1.54) is 24.3 Å². The second-order valence-corrected chi connectivity index (χ2v) is 4.61. The van der Waals surface area contributed by atoms with Crippen LogP contribution in [0.2, 0.25) is 0 Å². The predicted molar refractivity (Wildman–Crippen MR) is 75.6 cm³/mol. The van der Waals surface area contributed by atoms with Crippen molar-refractivity contribution in [2.45, 2.75) is 6.92 Å². The van der Waals surface area contributed by atoms with Gasteiger partial charge < -0.3 is 19.9 Å². The second kappa shape index (κ2) is 6.92. The van der Waals surface area contributed by atoms with Gasteiger partial charge in [-0.3, -0.25) is 0 Å². The van der Waals surface area contributed by atoms with E-state index in [0.29, 0.717) is 38.5 Å². The molecule has 114 valence electrons. The lowest BCUT2D eigenvalue weighted by molar-refractivity contribution is 0.0868. The number of carbonyl (C=O) groups is 2. The molecule has 7 heteroatoms. The molecule has 0 aliphatic carbocycles. The van der Waals surface area contributed by atoms with Gasteiger partial charge in [0.25, 0.3) is 0 Å². The number of rotatable bonds is 2. The van der Waals surface area contributed by atoms with Gasteiger partial charge in [-0.1, -0.05) is 0 Å². The van der Waals surface area contributed by atoms with Gasteiger partial charge in [-0.25, -0.2) is 14.0 Å². The normalized spacial score (nSPS) is 14.8. The van der Waals surface area contributed by atoms with Crippen molar-refractivity contribution >= 4 is 17.8 Å². The number of nitrogens with zero attached hydrogens (tertiary/aromatic N) is 2. The van der Waals surface area contributed by atoms with Crippen LogP contribution in [0.1, 0.15) is 6.92 Å². The minimum absolute atomic E-state index is 0.259. The Labute approximate surface area is 122 Å². The maximum Gasteiger partial charge on any atom is 0.409 e. The maximum atomic E-state index is 12.8. The van der Waals surface area contributed by atoms with Crippen LogP contribution in [0.3, 0.4) is 0 Å². The Kier molecular flexibility index (Phi) is 4.97. The molecular formula is C14H18FN3O3. The molecule has 0 saturated carbocycles. The molecule has 0 spiro atoms. The fourth-order valence-corrected chi connectivity index (χ4v) is 2.04. The highest BCUT2D eigenvalue weighted by molar-refractivity contribution is 5.89. The Hall–Kier alpha value is -2.31. The molecule has 1 aromatic carbocycles. The van der Waals surface area contributed by atoms with Crippen molar-refractivity contribution < 1.29 is 18.7 Å². The third-order valence-corrected chi connectivity index (χ3v) is 3.19. The Morgan fingerprint density at radius 2 is 1.71 bits per heavy atom. The zero-order chi connectivity index (χ0) is 15.2. The van der Waals surface area contributed by atoms with Crippen molar-refractivity contribution in [1.29, 1.82) is 0 Å². The number of halogens is 1. The molecule has 1 fully saturated rings. The van der Waals surface area contributed by atoms with Crippen LogP contribution in [0, 0.1) is 5.82 Å². The van der Waals surface area contributed by atoms with Crippen molar-refractivity contribution in [2.24, 2.45) is 0 Å². The largest absolute Gasteiger partial charge is 0.450 e. The van der Waals surface area contributed by atoms with Gasteiger partial charge in [0, 0.05) is 31.9 Å². The molecule has 21 heavy (non-hydrogen) atoms. The summed E-state index contributed by atoms with van der Waals surface area (Å²) < 4.78 is 17.7. The van der Waals surface area contributed by atoms with Gasteiger partial charge in [0.05, 0.1) is 6.61 Å². The van der Waals surface area contributed by atoms with Crippen molar-refractivity contribution in [3.8, 4) is 0 Å². The molecule has 0 aromatic heterocycles. The van der Waals surface area contributed by atoms with E-state index in [4.69, 9.17) is 4.74 Å². The van der Waals surface area contributed by atoms with Gasteiger partial charge in [0.15, 0.2) is 0 Å². The molecule has 1 aromatic rings. The van der Waals surface area contributed by atoms with Gasteiger partial charge in [-0.05, 0) is 31.2 Å². The van der Waals surface area contributed by atoms with Gasteiger partial charge in [0.2, 0.25) is 0 Å². The number of urea groups is 1. The van der Waals surface area contributed by atoms with Crippen molar-refractivity contribution in [1.82, 2.24) is 9.80 Å². The van der Waals surface area contributed by atoms with E-state index < -0.39 is 0 Å². The number of carbonyl (C=O) groups excluding carboxylic acids is 2. The highest BCUT2D eigenvalue weighted by Crippen LogP contribution is 2.11. The van der Waals surface area contributed by atoms with E-state index in [1.807, 2.05) is 0 Å². The van der Waals surface area contributed by atoms with Gasteiger partial charge in [-0.15, -0.1) is 0 Å². The molecule has 0 unspecified atom stereocenters. The fourth-order valence-electron chi connectivity index (χ4n) is 2.04. The minimum atomic E-state index is -0.351. The van der Waals surface area contributed by atoms with Crippen LogP contribution >= 0.6 is 0 Å². The smallest absolute Gasteiger partial charge is 0.409 e. The maximum absolute atomic E-state index is 12.8. The van der Waals surface area contributed by atoms with Crippen LogP contribution in [0.15, 0.2) is 24.3 Å². The summed E-state index contributed by atoms with van der Waals surface area (Å²) in [6.45, 7) is 3.84. The van der Waals surface area contributed by atoms with E-state index in [-0.39, 0.29) is 17.9 Å². The summed E-state index contributed by atoms with van der Waals surface area (Å²) in [5.41, 5.74) is 0.536. The van der Waals surface area contributed by atoms with Gasteiger partial charge in [0.1, 0.15) is 5.82 Å². The van der Waals surface area contributed by atoms with Crippen LogP contribution in [0.5, 0.6) is 0 Å². The minimum Gasteiger partial charge on any atom is -0.450 e. The van der Waals surface area contributed by atoms with Crippen LogP contribution in [0.25, 0.3) is 0 Å². The lowest BCUT2D eigenvalue weighted by Crippen LogP contribution is -2.51. The first-order valence-corrected chi connectivity index (χ1v) is 6.83. The quantitative estimate of drug-likeness (QED) is 0.909. The summed E-state index contributed by atoms with van der Waals surface area (Å²) in [5.74, 6) is -0.351. The van der Waals surface area contributed by atoms with Crippen LogP contribution in [-0.2, 0) is 4.74 Å². The third kappa shape index (κ3) is 4.08. The standard InChI is InChI=1S/C14H18FN3O3/c1-2-21-14(20)18-9-7-17(8-10-18)13(19)16-12-5-3-11(15)4-6-12/h3-6H,2,7-10H2,1H3,(H,16,19). The summed E-state index contributed by atoms with van der Waals surface area (Å²) in [6.07, 6.45) is -0.351. The third-order valence-electron chi connectivity index (χ3n) is 3.19. The number of anilines is 1. The SMILES string of the molecule is CCOC(=O)N1CCN(C(=O)Nc2ccc(F)cc2)CC1. The summed E-state index contributed by atoms with van der Waals surface area (Å²) >= 11 is 0. The number of benzene rings is 1. The highest BCUT2D eigenvalue weighted by Gasteiger charge is 2.24. The summed E-state index contributed by atoms with van der Waals surface area (Å²) in [5, 5.41) is 2.69. The van der Waals surface area contributed by atoms with Gasteiger partial charge >= 0.3 is 12.1 Å². The molecule has 2 rings (SSSR count). The lowest BCUT2D eigenvalue weighted by Gasteiger charge is -2.33. The average Bonchev–Trinajstić information content (AvgIpc) is 2.50. The van der Waals surface area contributed by atoms with Crippen molar-refractivity contribution in [3.05, 3.63) is 30.1 Å². The topological polar surface area (TPSA) is 61.9 Å². The summed E-state index contributed by atoms with van der Waals surface area (Å²) in [6, 6.07) is 5.32. The first kappa shape index (κ1) is 15.1. The monoisotopic (exact) mass is 295 g/mol. The molecule has 1 saturated heterocycles. The van der Waals surface area contributed by atoms with E-state index in [9.17, 15) is 14.0 Å². The first-order valence-electron chi connectivity index (χ1n) is 6.83. The zero-order valence-corrected chi connectivity index (χ0v) is 11.8. The Morgan fingerprint density at radius 1 is 1.14 bits per heavy atom. The Morgan fingerprint density at radius 3 is 2.29 bits per heavy atom. The lowest BCUT2D eigenvalue weighted by atomic mass is 10.3. The number of amides is 3. The van der Waals surface area contributed by atoms with Crippen LogP contribution in [-0.4, -0.2) is 54.7 Å². The van der Waals surface area contributed by atoms with Crippen LogP contribution < -0.4 is 5.32 Å². The number of nitrogens with one attached hydrogen (secondary N) is 1. The van der Waals surface area contributed by atoms with Crippen LogP contribution in [0.4, 0.5) is 19.7 Å². The molecule has 1 aliphatic rings. The number of piperazine rings is 1. The molecule has 6 nitrogen and oxygen atoms in total. The van der Waals surface area contributed by atoms with E-state index in [2.05, 4.69) is 5.32 Å². The fraction of sp³-hybridized carbons (Fsp3) is 0.429. The molecule has 0 radical (unpaired) electrons. The predicted octanol–water partition coefficient (Wildman–Crippen LogP) is 2.13. The van der Waals surface area contributed by atoms with Gasteiger partial charge in [-0.2, -0.15) is 0 Å². The molecular weight excluding hydrogens is 277 g/mol. The molecule has 1 heterocycles. The Balaban J connectivity index is 1.83. The highest BCUT2D eigenvalue weighted by atomic mass is 19.1. The second-order valence-electron chi connectivity index (χ2n) is 4.61. The molecule has 1 aliphatic heterocycles. The van der Waals surface area contributed by atoms with E-state index in [0.717, 1.165) is 0 Å². The summed E-state index contributed by atoms with van der Waals surface area (Å²) in [7, 11) is 0. The number of hydrogen-bond acceptors (Lipinski definition) is 3. The Bertz CT molecular complexity index is 499.